The Morgan fingerprint density at radius 1 is 1.67 bits per heavy atom. The van der Waals surface area contributed by atoms with Crippen molar-refractivity contribution in [3.63, 3.8) is 0 Å². The van der Waals surface area contributed by atoms with E-state index in [1.165, 1.54) is 12.1 Å². The van der Waals surface area contributed by atoms with Crippen LogP contribution in [0.4, 0.5) is 10.2 Å². The summed E-state index contributed by atoms with van der Waals surface area (Å²) in [6.45, 7) is 1.84. The fourth-order valence-electron chi connectivity index (χ4n) is 1.01. The third kappa shape index (κ3) is 4.51. The molecule has 0 saturated carbocycles. The van der Waals surface area contributed by atoms with Gasteiger partial charge in [-0.1, -0.05) is 0 Å². The van der Waals surface area contributed by atoms with Crippen LogP contribution in [0.5, 0.6) is 0 Å². The first-order chi connectivity index (χ1) is 7.08. The highest BCUT2D eigenvalue weighted by Gasteiger charge is 2.04. The van der Waals surface area contributed by atoms with E-state index in [0.717, 1.165) is 6.20 Å². The van der Waals surface area contributed by atoms with Crippen molar-refractivity contribution in [2.75, 3.05) is 5.32 Å². The summed E-state index contributed by atoms with van der Waals surface area (Å²) in [5, 5.41) is 2.55. The minimum absolute atomic E-state index is 0.00285. The van der Waals surface area contributed by atoms with Crippen LogP contribution in [-0.2, 0) is 4.79 Å². The van der Waals surface area contributed by atoms with Crippen LogP contribution in [0.15, 0.2) is 18.3 Å². The van der Waals surface area contributed by atoms with E-state index in [2.05, 4.69) is 10.3 Å². The number of hydrogen-bond donors (Lipinski definition) is 2. The summed E-state index contributed by atoms with van der Waals surface area (Å²) in [5.74, 6) is -0.235. The molecule has 1 aromatic rings. The summed E-state index contributed by atoms with van der Waals surface area (Å²) in [6, 6.07) is 2.66. The Morgan fingerprint density at radius 2 is 2.40 bits per heavy atom. The van der Waals surface area contributed by atoms with Gasteiger partial charge >= 0.3 is 0 Å². The minimum Gasteiger partial charge on any atom is -0.328 e. The summed E-state index contributed by atoms with van der Waals surface area (Å²) >= 11 is 0. The number of carbonyl (C=O) groups excluding carboxylic acids is 1. The van der Waals surface area contributed by atoms with Gasteiger partial charge in [-0.15, -0.1) is 0 Å². The quantitative estimate of drug-likeness (QED) is 0.788. The molecule has 0 aliphatic carbocycles. The van der Waals surface area contributed by atoms with Crippen LogP contribution in [0.3, 0.4) is 0 Å². The van der Waals surface area contributed by atoms with Gasteiger partial charge in [-0.3, -0.25) is 4.79 Å². The molecule has 82 valence electrons. The molecule has 1 amide bonds. The molecular formula is C10H14FN3O. The SMILES string of the molecule is CC(N)CCC(=O)Nc1ccc(F)cn1. The lowest BCUT2D eigenvalue weighted by Gasteiger charge is -2.05. The molecule has 5 heteroatoms. The zero-order valence-corrected chi connectivity index (χ0v) is 8.53. The summed E-state index contributed by atoms with van der Waals surface area (Å²) in [7, 11) is 0. The van der Waals surface area contributed by atoms with Gasteiger partial charge in [-0.2, -0.15) is 0 Å². The number of nitrogens with zero attached hydrogens (tertiary/aromatic N) is 1. The van der Waals surface area contributed by atoms with Crippen molar-refractivity contribution in [1.82, 2.24) is 4.98 Å². The summed E-state index contributed by atoms with van der Waals surface area (Å²) < 4.78 is 12.5. The Labute approximate surface area is 87.7 Å². The van der Waals surface area contributed by atoms with Gasteiger partial charge < -0.3 is 11.1 Å². The van der Waals surface area contributed by atoms with Gasteiger partial charge in [0, 0.05) is 12.5 Å². The smallest absolute Gasteiger partial charge is 0.225 e. The van der Waals surface area contributed by atoms with Gasteiger partial charge in [0.05, 0.1) is 6.20 Å². The number of pyridine rings is 1. The molecule has 1 rings (SSSR count). The lowest BCUT2D eigenvalue weighted by Crippen LogP contribution is -2.19. The van der Waals surface area contributed by atoms with E-state index in [-0.39, 0.29) is 11.9 Å². The Morgan fingerprint density at radius 3 is 2.93 bits per heavy atom. The van der Waals surface area contributed by atoms with Crippen LogP contribution in [0.1, 0.15) is 19.8 Å². The van der Waals surface area contributed by atoms with Gasteiger partial charge in [0.2, 0.25) is 5.91 Å². The number of hydrogen-bond acceptors (Lipinski definition) is 3. The van der Waals surface area contributed by atoms with E-state index in [1.54, 1.807) is 0 Å². The molecule has 0 saturated heterocycles. The van der Waals surface area contributed by atoms with Gasteiger partial charge in [0.25, 0.3) is 0 Å². The second kappa shape index (κ2) is 5.41. The molecule has 1 aromatic heterocycles. The average Bonchev–Trinajstić information content (AvgIpc) is 2.19. The van der Waals surface area contributed by atoms with E-state index in [1.807, 2.05) is 6.92 Å². The van der Waals surface area contributed by atoms with E-state index < -0.39 is 5.82 Å². The molecule has 0 spiro atoms. The minimum atomic E-state index is -0.427. The lowest BCUT2D eigenvalue weighted by molar-refractivity contribution is -0.116. The van der Waals surface area contributed by atoms with Crippen molar-refractivity contribution in [3.8, 4) is 0 Å². The molecule has 3 N–H and O–H groups in total. The Kier molecular flexibility index (Phi) is 4.17. The first-order valence-electron chi connectivity index (χ1n) is 4.75. The summed E-state index contributed by atoms with van der Waals surface area (Å²) in [5.41, 5.74) is 5.51. The standard InChI is InChI=1S/C10H14FN3O/c1-7(12)2-5-10(15)14-9-4-3-8(11)6-13-9/h3-4,6-7H,2,5,12H2,1H3,(H,13,14,15). The molecule has 15 heavy (non-hydrogen) atoms. The fraction of sp³-hybridized carbons (Fsp3) is 0.400. The van der Waals surface area contributed by atoms with Gasteiger partial charge in [0.1, 0.15) is 11.6 Å². The summed E-state index contributed by atoms with van der Waals surface area (Å²) in [4.78, 5) is 15.0. The Hall–Kier alpha value is -1.49. The van der Waals surface area contributed by atoms with E-state index in [9.17, 15) is 9.18 Å². The molecule has 4 nitrogen and oxygen atoms in total. The van der Waals surface area contributed by atoms with Crippen LogP contribution in [-0.4, -0.2) is 16.9 Å². The average molecular weight is 211 g/mol. The number of rotatable bonds is 4. The Balaban J connectivity index is 2.41. The van der Waals surface area contributed by atoms with Gasteiger partial charge in [-0.25, -0.2) is 9.37 Å². The molecule has 1 unspecified atom stereocenters. The van der Waals surface area contributed by atoms with Crippen LogP contribution in [0.25, 0.3) is 0 Å². The van der Waals surface area contributed by atoms with E-state index >= 15 is 0 Å². The van der Waals surface area contributed by atoms with Crippen molar-refractivity contribution < 1.29 is 9.18 Å². The predicted molar refractivity (Wildman–Crippen MR) is 55.7 cm³/mol. The molecule has 0 aliphatic rings. The number of anilines is 1. The monoisotopic (exact) mass is 211 g/mol. The van der Waals surface area contributed by atoms with Crippen molar-refractivity contribution >= 4 is 11.7 Å². The van der Waals surface area contributed by atoms with Crippen molar-refractivity contribution in [3.05, 3.63) is 24.1 Å². The number of nitrogens with two attached hydrogens (primary N) is 1. The molecule has 0 bridgehead atoms. The molecule has 1 heterocycles. The second-order valence-electron chi connectivity index (χ2n) is 3.43. The van der Waals surface area contributed by atoms with Crippen molar-refractivity contribution in [2.24, 2.45) is 5.73 Å². The zero-order valence-electron chi connectivity index (χ0n) is 8.53. The number of amides is 1. The number of aromatic nitrogens is 1. The number of nitrogens with one attached hydrogen (secondary N) is 1. The maximum Gasteiger partial charge on any atom is 0.225 e. The highest BCUT2D eigenvalue weighted by atomic mass is 19.1. The van der Waals surface area contributed by atoms with Crippen molar-refractivity contribution in [2.45, 2.75) is 25.8 Å². The maximum absolute atomic E-state index is 12.5. The third-order valence-corrected chi connectivity index (χ3v) is 1.82. The lowest BCUT2D eigenvalue weighted by atomic mass is 10.2. The highest BCUT2D eigenvalue weighted by Crippen LogP contribution is 2.04. The van der Waals surface area contributed by atoms with Crippen LogP contribution in [0, 0.1) is 5.82 Å². The zero-order chi connectivity index (χ0) is 11.3. The van der Waals surface area contributed by atoms with Crippen molar-refractivity contribution in [1.29, 1.82) is 0 Å². The molecule has 0 aromatic carbocycles. The van der Waals surface area contributed by atoms with Crippen LogP contribution >= 0.6 is 0 Å². The molecule has 1 atom stereocenters. The highest BCUT2D eigenvalue weighted by molar-refractivity contribution is 5.89. The largest absolute Gasteiger partial charge is 0.328 e. The molecular weight excluding hydrogens is 197 g/mol. The summed E-state index contributed by atoms with van der Waals surface area (Å²) in [6.07, 6.45) is 2.02. The maximum atomic E-state index is 12.5. The third-order valence-electron chi connectivity index (χ3n) is 1.82. The topological polar surface area (TPSA) is 68.0 Å². The first-order valence-corrected chi connectivity index (χ1v) is 4.75. The second-order valence-corrected chi connectivity index (χ2v) is 3.43. The number of halogens is 1. The fourth-order valence-corrected chi connectivity index (χ4v) is 1.01. The van der Waals surface area contributed by atoms with Crippen LogP contribution in [0.2, 0.25) is 0 Å². The predicted octanol–water partition coefficient (Wildman–Crippen LogP) is 1.29. The van der Waals surface area contributed by atoms with Gasteiger partial charge in [0.15, 0.2) is 0 Å². The van der Waals surface area contributed by atoms with E-state index in [4.69, 9.17) is 5.73 Å². The molecule has 0 aliphatic heterocycles. The van der Waals surface area contributed by atoms with E-state index in [0.29, 0.717) is 18.7 Å². The molecule has 0 radical (unpaired) electrons. The normalized spacial score (nSPS) is 12.2. The first kappa shape index (κ1) is 11.6. The molecule has 0 fully saturated rings. The number of carbonyl (C=O) groups is 1. The van der Waals surface area contributed by atoms with Gasteiger partial charge in [-0.05, 0) is 25.5 Å². The van der Waals surface area contributed by atoms with Crippen LogP contribution < -0.4 is 11.1 Å². The Bertz CT molecular complexity index is 324.